The number of hydrogen-bond acceptors (Lipinski definition) is 5. The number of esters is 1. The van der Waals surface area contributed by atoms with E-state index in [2.05, 4.69) is 5.32 Å². The number of ether oxygens (including phenoxy) is 1. The van der Waals surface area contributed by atoms with Gasteiger partial charge in [-0.25, -0.2) is 0 Å². The van der Waals surface area contributed by atoms with E-state index in [9.17, 15) is 9.59 Å². The molecule has 0 aliphatic heterocycles. The third-order valence-electron chi connectivity index (χ3n) is 2.22. The zero-order chi connectivity index (χ0) is 13.4. The second kappa shape index (κ2) is 7.41. The van der Waals surface area contributed by atoms with Crippen LogP contribution in [-0.2, 0) is 20.9 Å². The SMILES string of the molecule is O=C(CN[C@@H](CO)C(=O)O)OCc1ccccc1. The molecule has 0 aliphatic rings. The molecule has 1 rings (SSSR count). The summed E-state index contributed by atoms with van der Waals surface area (Å²) in [4.78, 5) is 21.8. The Bertz CT molecular complexity index is 393. The Balaban J connectivity index is 2.28. The van der Waals surface area contributed by atoms with Crippen molar-refractivity contribution in [1.82, 2.24) is 5.32 Å². The minimum atomic E-state index is -1.21. The maximum Gasteiger partial charge on any atom is 0.323 e. The van der Waals surface area contributed by atoms with Crippen LogP contribution in [-0.4, -0.2) is 41.3 Å². The molecule has 0 saturated heterocycles. The molecule has 0 aromatic heterocycles. The van der Waals surface area contributed by atoms with Crippen LogP contribution in [0.1, 0.15) is 5.56 Å². The van der Waals surface area contributed by atoms with E-state index in [1.807, 2.05) is 30.3 Å². The molecular formula is C12H15NO5. The van der Waals surface area contributed by atoms with Gasteiger partial charge in [-0.2, -0.15) is 0 Å². The van der Waals surface area contributed by atoms with E-state index in [4.69, 9.17) is 14.9 Å². The van der Waals surface area contributed by atoms with E-state index < -0.39 is 24.6 Å². The van der Waals surface area contributed by atoms with Gasteiger partial charge in [0.15, 0.2) is 0 Å². The lowest BCUT2D eigenvalue weighted by Crippen LogP contribution is -2.42. The third-order valence-corrected chi connectivity index (χ3v) is 2.22. The summed E-state index contributed by atoms with van der Waals surface area (Å²) in [5, 5.41) is 19.7. The highest BCUT2D eigenvalue weighted by Crippen LogP contribution is 2.00. The molecule has 3 N–H and O–H groups in total. The average molecular weight is 253 g/mol. The van der Waals surface area contributed by atoms with Crippen molar-refractivity contribution in [2.45, 2.75) is 12.6 Å². The summed E-state index contributed by atoms with van der Waals surface area (Å²) in [5.74, 6) is -1.79. The molecule has 0 bridgehead atoms. The fraction of sp³-hybridized carbons (Fsp3) is 0.333. The molecule has 0 fully saturated rings. The quantitative estimate of drug-likeness (QED) is 0.581. The summed E-state index contributed by atoms with van der Waals surface area (Å²) >= 11 is 0. The van der Waals surface area contributed by atoms with E-state index in [-0.39, 0.29) is 13.2 Å². The Morgan fingerprint density at radius 3 is 2.50 bits per heavy atom. The highest BCUT2D eigenvalue weighted by molar-refractivity contribution is 5.76. The van der Waals surface area contributed by atoms with E-state index in [0.717, 1.165) is 5.56 Å². The van der Waals surface area contributed by atoms with Crippen molar-refractivity contribution in [3.63, 3.8) is 0 Å². The monoisotopic (exact) mass is 253 g/mol. The van der Waals surface area contributed by atoms with Crippen LogP contribution in [0.5, 0.6) is 0 Å². The third kappa shape index (κ3) is 4.94. The molecule has 0 radical (unpaired) electrons. The van der Waals surface area contributed by atoms with Crippen LogP contribution < -0.4 is 5.32 Å². The molecule has 6 heteroatoms. The lowest BCUT2D eigenvalue weighted by atomic mass is 10.2. The minimum absolute atomic E-state index is 0.137. The first kappa shape index (κ1) is 14.1. The number of hydrogen-bond donors (Lipinski definition) is 3. The van der Waals surface area contributed by atoms with Crippen LogP contribution in [0.3, 0.4) is 0 Å². The van der Waals surface area contributed by atoms with Crippen LogP contribution >= 0.6 is 0 Å². The van der Waals surface area contributed by atoms with E-state index in [0.29, 0.717) is 0 Å². The number of carboxylic acid groups (broad SMARTS) is 1. The van der Waals surface area contributed by atoms with Crippen molar-refractivity contribution in [3.05, 3.63) is 35.9 Å². The van der Waals surface area contributed by atoms with Crippen LogP contribution in [0.15, 0.2) is 30.3 Å². The Labute approximate surface area is 104 Å². The van der Waals surface area contributed by atoms with Crippen molar-refractivity contribution in [1.29, 1.82) is 0 Å². The first-order valence-electron chi connectivity index (χ1n) is 5.40. The van der Waals surface area contributed by atoms with Gasteiger partial charge in [-0.15, -0.1) is 0 Å². The van der Waals surface area contributed by atoms with Gasteiger partial charge >= 0.3 is 11.9 Å². The smallest absolute Gasteiger partial charge is 0.323 e. The first-order chi connectivity index (χ1) is 8.63. The number of rotatable bonds is 7. The van der Waals surface area contributed by atoms with Gasteiger partial charge in [0.2, 0.25) is 0 Å². The van der Waals surface area contributed by atoms with Gasteiger partial charge < -0.3 is 14.9 Å². The number of carbonyl (C=O) groups excluding carboxylic acids is 1. The molecule has 0 amide bonds. The van der Waals surface area contributed by atoms with Crippen LogP contribution in [0.4, 0.5) is 0 Å². The molecule has 18 heavy (non-hydrogen) atoms. The number of carboxylic acids is 1. The Morgan fingerprint density at radius 2 is 1.94 bits per heavy atom. The fourth-order valence-corrected chi connectivity index (χ4v) is 1.23. The molecule has 98 valence electrons. The predicted molar refractivity (Wildman–Crippen MR) is 62.8 cm³/mol. The molecule has 1 aromatic carbocycles. The van der Waals surface area contributed by atoms with Crippen LogP contribution in [0.2, 0.25) is 0 Å². The average Bonchev–Trinajstić information content (AvgIpc) is 2.38. The number of benzene rings is 1. The van der Waals surface area contributed by atoms with Crippen molar-refractivity contribution in [3.8, 4) is 0 Å². The number of aliphatic carboxylic acids is 1. The van der Waals surface area contributed by atoms with E-state index in [1.54, 1.807) is 0 Å². The van der Waals surface area contributed by atoms with Crippen molar-refractivity contribution in [2.24, 2.45) is 0 Å². The fourth-order valence-electron chi connectivity index (χ4n) is 1.23. The van der Waals surface area contributed by atoms with Gasteiger partial charge in [0, 0.05) is 0 Å². The molecule has 1 atom stereocenters. The van der Waals surface area contributed by atoms with Gasteiger partial charge in [-0.05, 0) is 5.56 Å². The van der Waals surface area contributed by atoms with Gasteiger partial charge in [0.25, 0.3) is 0 Å². The number of aliphatic hydroxyl groups excluding tert-OH is 1. The highest BCUT2D eigenvalue weighted by Gasteiger charge is 2.16. The van der Waals surface area contributed by atoms with Gasteiger partial charge in [0.1, 0.15) is 12.6 Å². The molecule has 0 heterocycles. The van der Waals surface area contributed by atoms with Crippen LogP contribution in [0, 0.1) is 0 Å². The molecule has 0 spiro atoms. The zero-order valence-electron chi connectivity index (χ0n) is 9.70. The summed E-state index contributed by atoms with van der Waals surface area (Å²) in [6.07, 6.45) is 0. The Hall–Kier alpha value is -1.92. The largest absolute Gasteiger partial charge is 0.480 e. The maximum absolute atomic E-state index is 11.3. The lowest BCUT2D eigenvalue weighted by Gasteiger charge is -2.11. The second-order valence-electron chi connectivity index (χ2n) is 3.60. The topological polar surface area (TPSA) is 95.9 Å². The van der Waals surface area contributed by atoms with Crippen LogP contribution in [0.25, 0.3) is 0 Å². The van der Waals surface area contributed by atoms with Gasteiger partial charge in [0.05, 0.1) is 13.2 Å². The number of carbonyl (C=O) groups is 2. The van der Waals surface area contributed by atoms with Gasteiger partial charge in [-0.3, -0.25) is 14.9 Å². The second-order valence-corrected chi connectivity index (χ2v) is 3.60. The Morgan fingerprint density at radius 1 is 1.28 bits per heavy atom. The predicted octanol–water partition coefficient (Wildman–Crippen LogP) is -0.235. The van der Waals surface area contributed by atoms with Crippen molar-refractivity contribution < 1.29 is 24.5 Å². The number of nitrogens with one attached hydrogen (secondary N) is 1. The molecule has 0 aliphatic carbocycles. The summed E-state index contributed by atoms with van der Waals surface area (Å²) in [6, 6.07) is 7.98. The Kier molecular flexibility index (Phi) is 5.83. The minimum Gasteiger partial charge on any atom is -0.480 e. The zero-order valence-corrected chi connectivity index (χ0v) is 9.70. The molecule has 0 unspecified atom stereocenters. The summed E-state index contributed by atoms with van der Waals surface area (Å²) < 4.78 is 4.93. The van der Waals surface area contributed by atoms with Crippen molar-refractivity contribution >= 4 is 11.9 Å². The van der Waals surface area contributed by atoms with Crippen molar-refractivity contribution in [2.75, 3.05) is 13.2 Å². The summed E-state index contributed by atoms with van der Waals surface area (Å²) in [6.45, 7) is -0.704. The van der Waals surface area contributed by atoms with Gasteiger partial charge in [-0.1, -0.05) is 30.3 Å². The molecule has 0 saturated carbocycles. The summed E-state index contributed by atoms with van der Waals surface area (Å²) in [5.41, 5.74) is 0.850. The maximum atomic E-state index is 11.3. The first-order valence-corrected chi connectivity index (χ1v) is 5.40. The van der Waals surface area contributed by atoms with E-state index >= 15 is 0 Å². The molecule has 6 nitrogen and oxygen atoms in total. The standard InChI is InChI=1S/C12H15NO5/c14-7-10(12(16)17)13-6-11(15)18-8-9-4-2-1-3-5-9/h1-5,10,13-14H,6-8H2,(H,16,17)/t10-/m0/s1. The summed E-state index contributed by atoms with van der Waals surface area (Å²) in [7, 11) is 0. The molecule has 1 aromatic rings. The normalized spacial score (nSPS) is 11.8. The highest BCUT2D eigenvalue weighted by atomic mass is 16.5. The lowest BCUT2D eigenvalue weighted by molar-refractivity contribution is -0.145. The van der Waals surface area contributed by atoms with E-state index in [1.165, 1.54) is 0 Å². The molecular weight excluding hydrogens is 238 g/mol. The number of aliphatic hydroxyl groups is 1.